The first-order chi connectivity index (χ1) is 8.78. The summed E-state index contributed by atoms with van der Waals surface area (Å²) in [6, 6.07) is 0.948. The molecule has 2 aliphatic heterocycles. The van der Waals surface area contributed by atoms with Crippen LogP contribution in [0.2, 0.25) is 0 Å². The highest BCUT2D eigenvalue weighted by Crippen LogP contribution is 2.42. The molecule has 0 spiro atoms. The highest BCUT2D eigenvalue weighted by molar-refractivity contribution is 5.05. The van der Waals surface area contributed by atoms with E-state index in [0.29, 0.717) is 18.0 Å². The minimum absolute atomic E-state index is 0.0924. The van der Waals surface area contributed by atoms with Crippen LogP contribution in [0.4, 0.5) is 0 Å². The van der Waals surface area contributed by atoms with Gasteiger partial charge in [0.2, 0.25) is 0 Å². The largest absolute Gasteiger partial charge is 0.380 e. The fraction of sp³-hybridized carbons (Fsp3) is 1.00. The molecule has 2 saturated heterocycles. The fourth-order valence-corrected chi connectivity index (χ4v) is 3.91. The van der Waals surface area contributed by atoms with Gasteiger partial charge in [-0.05, 0) is 48.2 Å². The van der Waals surface area contributed by atoms with E-state index in [0.717, 1.165) is 26.2 Å². The third-order valence-corrected chi connectivity index (χ3v) is 4.90. The summed E-state index contributed by atoms with van der Waals surface area (Å²) in [6.07, 6.45) is 1.15. The molecule has 112 valence electrons. The van der Waals surface area contributed by atoms with Crippen LogP contribution in [0.1, 0.15) is 34.1 Å². The molecule has 2 aliphatic rings. The highest BCUT2D eigenvalue weighted by atomic mass is 16.5. The number of rotatable bonds is 4. The topological polar surface area (TPSA) is 33.7 Å². The Morgan fingerprint density at radius 3 is 2.42 bits per heavy atom. The van der Waals surface area contributed by atoms with E-state index >= 15 is 0 Å². The van der Waals surface area contributed by atoms with Crippen LogP contribution in [0.25, 0.3) is 0 Å². The van der Waals surface area contributed by atoms with Crippen LogP contribution >= 0.6 is 0 Å². The molecule has 0 amide bonds. The van der Waals surface area contributed by atoms with Crippen molar-refractivity contribution in [1.29, 1.82) is 0 Å². The number of ether oxygens (including phenoxy) is 2. The van der Waals surface area contributed by atoms with Gasteiger partial charge in [0.15, 0.2) is 0 Å². The van der Waals surface area contributed by atoms with Gasteiger partial charge in [-0.3, -0.25) is 0 Å². The van der Waals surface area contributed by atoms with E-state index in [9.17, 15) is 0 Å². The van der Waals surface area contributed by atoms with Gasteiger partial charge in [-0.2, -0.15) is 0 Å². The maximum atomic E-state index is 6.30. The lowest BCUT2D eigenvalue weighted by molar-refractivity contribution is -0.0796. The lowest BCUT2D eigenvalue weighted by atomic mass is 9.82. The summed E-state index contributed by atoms with van der Waals surface area (Å²) < 4.78 is 11.8. The number of hydrogen-bond donors (Lipinski definition) is 1. The van der Waals surface area contributed by atoms with Gasteiger partial charge in [0, 0.05) is 31.2 Å². The zero-order valence-electron chi connectivity index (χ0n) is 13.3. The Morgan fingerprint density at radius 2 is 1.89 bits per heavy atom. The fourth-order valence-electron chi connectivity index (χ4n) is 3.91. The molecule has 2 rings (SSSR count). The highest BCUT2D eigenvalue weighted by Gasteiger charge is 2.53. The van der Waals surface area contributed by atoms with Crippen LogP contribution in [-0.4, -0.2) is 62.0 Å². The van der Waals surface area contributed by atoms with Gasteiger partial charge in [0.25, 0.3) is 0 Å². The zero-order chi connectivity index (χ0) is 14.3. The van der Waals surface area contributed by atoms with Gasteiger partial charge in [0.1, 0.15) is 0 Å². The van der Waals surface area contributed by atoms with Crippen LogP contribution < -0.4 is 5.32 Å². The van der Waals surface area contributed by atoms with Gasteiger partial charge in [0.05, 0.1) is 17.8 Å². The van der Waals surface area contributed by atoms with Crippen molar-refractivity contribution in [2.24, 2.45) is 5.92 Å². The number of likely N-dealkylation sites (N-methyl/N-ethyl adjacent to an activating group) is 2. The summed E-state index contributed by atoms with van der Waals surface area (Å²) >= 11 is 0. The van der Waals surface area contributed by atoms with E-state index in [1.54, 1.807) is 0 Å². The average Bonchev–Trinajstić information content (AvgIpc) is 2.84. The molecule has 0 aliphatic carbocycles. The van der Waals surface area contributed by atoms with E-state index in [1.165, 1.54) is 0 Å². The van der Waals surface area contributed by atoms with E-state index in [-0.39, 0.29) is 11.2 Å². The molecule has 3 atom stereocenters. The molecule has 2 fully saturated rings. The molecule has 19 heavy (non-hydrogen) atoms. The summed E-state index contributed by atoms with van der Waals surface area (Å²) in [5.74, 6) is 0.484. The van der Waals surface area contributed by atoms with Crippen LogP contribution in [-0.2, 0) is 9.47 Å². The van der Waals surface area contributed by atoms with Gasteiger partial charge in [-0.1, -0.05) is 0 Å². The second-order valence-corrected chi connectivity index (χ2v) is 7.14. The Bertz CT molecular complexity index is 311. The Hall–Kier alpha value is -0.160. The zero-order valence-corrected chi connectivity index (χ0v) is 13.3. The van der Waals surface area contributed by atoms with Crippen LogP contribution in [0.3, 0.4) is 0 Å². The lowest BCUT2D eigenvalue weighted by Crippen LogP contribution is -2.50. The van der Waals surface area contributed by atoms with Crippen molar-refractivity contribution in [3.8, 4) is 0 Å². The van der Waals surface area contributed by atoms with Crippen molar-refractivity contribution in [1.82, 2.24) is 10.2 Å². The molecular formula is C15H30N2O2. The molecule has 0 radical (unpaired) electrons. The quantitative estimate of drug-likeness (QED) is 0.839. The molecule has 0 aromatic carbocycles. The van der Waals surface area contributed by atoms with Gasteiger partial charge in [-0.25, -0.2) is 0 Å². The molecule has 4 nitrogen and oxygen atoms in total. The standard InChI is InChI=1S/C15H30N2O2/c1-14(2)12(13(16-5)15(3,4)19-14)9-17(6)11-7-8-18-10-11/h11-13,16H,7-10H2,1-6H3. The van der Waals surface area contributed by atoms with Crippen molar-refractivity contribution in [2.45, 2.75) is 57.4 Å². The second kappa shape index (κ2) is 5.32. The predicted octanol–water partition coefficient (Wildman–Crippen LogP) is 1.50. The van der Waals surface area contributed by atoms with E-state index in [1.807, 2.05) is 7.05 Å². The molecular weight excluding hydrogens is 240 g/mol. The molecule has 3 unspecified atom stereocenters. The Morgan fingerprint density at radius 1 is 1.21 bits per heavy atom. The smallest absolute Gasteiger partial charge is 0.0790 e. The minimum Gasteiger partial charge on any atom is -0.380 e. The Labute approximate surface area is 117 Å². The van der Waals surface area contributed by atoms with Gasteiger partial charge in [-0.15, -0.1) is 0 Å². The summed E-state index contributed by atoms with van der Waals surface area (Å²) in [5, 5.41) is 3.47. The Kier molecular flexibility index (Phi) is 4.26. The van der Waals surface area contributed by atoms with Crippen molar-refractivity contribution in [3.05, 3.63) is 0 Å². The average molecular weight is 270 g/mol. The van der Waals surface area contributed by atoms with E-state index in [4.69, 9.17) is 9.47 Å². The summed E-state index contributed by atoms with van der Waals surface area (Å²) in [5.41, 5.74) is -0.208. The molecule has 0 aromatic heterocycles. The third kappa shape index (κ3) is 2.97. The van der Waals surface area contributed by atoms with E-state index < -0.39 is 0 Å². The molecule has 0 bridgehead atoms. The van der Waals surface area contributed by atoms with Crippen LogP contribution in [0, 0.1) is 5.92 Å². The van der Waals surface area contributed by atoms with Gasteiger partial charge >= 0.3 is 0 Å². The second-order valence-electron chi connectivity index (χ2n) is 7.14. The van der Waals surface area contributed by atoms with Crippen molar-refractivity contribution < 1.29 is 9.47 Å². The summed E-state index contributed by atoms with van der Waals surface area (Å²) in [4.78, 5) is 2.45. The third-order valence-electron chi connectivity index (χ3n) is 4.90. The number of hydrogen-bond acceptors (Lipinski definition) is 4. The van der Waals surface area contributed by atoms with Crippen molar-refractivity contribution in [3.63, 3.8) is 0 Å². The monoisotopic (exact) mass is 270 g/mol. The maximum Gasteiger partial charge on any atom is 0.0790 e. The van der Waals surface area contributed by atoms with Crippen molar-refractivity contribution in [2.75, 3.05) is 33.9 Å². The summed E-state index contributed by atoms with van der Waals surface area (Å²) in [7, 11) is 4.26. The first-order valence-electron chi connectivity index (χ1n) is 7.43. The molecule has 1 N–H and O–H groups in total. The first kappa shape index (κ1) is 15.2. The molecule has 4 heteroatoms. The number of nitrogens with one attached hydrogen (secondary N) is 1. The lowest BCUT2D eigenvalue weighted by Gasteiger charge is -2.34. The van der Waals surface area contributed by atoms with Crippen LogP contribution in [0.15, 0.2) is 0 Å². The van der Waals surface area contributed by atoms with Gasteiger partial charge < -0.3 is 19.7 Å². The minimum atomic E-state index is -0.115. The summed E-state index contributed by atoms with van der Waals surface area (Å²) in [6.45, 7) is 11.6. The molecule has 0 aromatic rings. The maximum absolute atomic E-state index is 6.30. The first-order valence-corrected chi connectivity index (χ1v) is 7.43. The van der Waals surface area contributed by atoms with E-state index in [2.05, 4.69) is 45.0 Å². The molecule has 2 heterocycles. The SMILES string of the molecule is CNC1C(CN(C)C2CCOC2)C(C)(C)OC1(C)C. The van der Waals surface area contributed by atoms with Crippen LogP contribution in [0.5, 0.6) is 0 Å². The van der Waals surface area contributed by atoms with Crippen molar-refractivity contribution >= 4 is 0 Å². The predicted molar refractivity (Wildman–Crippen MR) is 77.4 cm³/mol. The number of nitrogens with zero attached hydrogens (tertiary/aromatic N) is 1. The molecule has 0 saturated carbocycles. The normalized spacial score (nSPS) is 37.1. The Balaban J connectivity index is 2.07.